The lowest BCUT2D eigenvalue weighted by atomic mass is 9.68. The molecule has 2 aliphatic rings. The first-order valence-corrected chi connectivity index (χ1v) is 13.3. The van der Waals surface area contributed by atoms with Crippen LogP contribution < -0.4 is 0 Å². The van der Waals surface area contributed by atoms with Crippen LogP contribution in [0.1, 0.15) is 113 Å². The molecule has 6 nitrogen and oxygen atoms in total. The Labute approximate surface area is 213 Å². The van der Waals surface area contributed by atoms with Gasteiger partial charge in [-0.2, -0.15) is 0 Å². The number of nitrogens with zero attached hydrogens (tertiary/aromatic N) is 3. The average molecular weight is 500 g/mol. The van der Waals surface area contributed by atoms with Gasteiger partial charge < -0.3 is 9.67 Å². The SMILES string of the molecule is Cc1ccc(CC(=O)C[C@H](CCC(=O)O)c2nnc(C3CC(CC(C)(C)C)C3)n2C2CC2)c(Cl)c1. The summed E-state index contributed by atoms with van der Waals surface area (Å²) < 4.78 is 2.27. The van der Waals surface area contributed by atoms with E-state index in [-0.39, 0.29) is 31.0 Å². The summed E-state index contributed by atoms with van der Waals surface area (Å²) in [5.41, 5.74) is 2.19. The van der Waals surface area contributed by atoms with Crippen molar-refractivity contribution in [3.8, 4) is 0 Å². The molecule has 0 saturated heterocycles. The second-order valence-corrected chi connectivity index (χ2v) is 12.4. The van der Waals surface area contributed by atoms with Crippen LogP contribution in [0.3, 0.4) is 0 Å². The molecule has 1 aromatic carbocycles. The number of rotatable bonds is 11. The van der Waals surface area contributed by atoms with Gasteiger partial charge in [-0.1, -0.05) is 44.5 Å². The second-order valence-electron chi connectivity index (χ2n) is 12.0. The van der Waals surface area contributed by atoms with E-state index < -0.39 is 5.97 Å². The molecular formula is C28H38ClN3O3. The number of carboxylic acid groups (broad SMARTS) is 1. The highest BCUT2D eigenvalue weighted by atomic mass is 35.5. The molecule has 0 amide bonds. The molecule has 1 atom stereocenters. The molecule has 4 rings (SSSR count). The summed E-state index contributed by atoms with van der Waals surface area (Å²) in [6.45, 7) is 8.84. The van der Waals surface area contributed by atoms with Crippen molar-refractivity contribution in [1.29, 1.82) is 0 Å². The molecule has 2 aliphatic carbocycles. The number of carboxylic acids is 1. The van der Waals surface area contributed by atoms with Gasteiger partial charge in [0.2, 0.25) is 0 Å². The first-order valence-electron chi connectivity index (χ1n) is 12.9. The lowest BCUT2D eigenvalue weighted by Crippen LogP contribution is -2.28. The molecule has 1 aromatic heterocycles. The maximum absolute atomic E-state index is 13.1. The average Bonchev–Trinajstić information content (AvgIpc) is 3.47. The zero-order valence-corrected chi connectivity index (χ0v) is 22.1. The number of carbonyl (C=O) groups excluding carboxylic acids is 1. The number of hydrogen-bond donors (Lipinski definition) is 1. The molecule has 0 bridgehead atoms. The van der Waals surface area contributed by atoms with Crippen LogP contribution in [0.15, 0.2) is 18.2 Å². The van der Waals surface area contributed by atoms with Crippen LogP contribution in [0, 0.1) is 18.3 Å². The number of hydrogen-bond acceptors (Lipinski definition) is 4. The van der Waals surface area contributed by atoms with Crippen molar-refractivity contribution >= 4 is 23.4 Å². The zero-order chi connectivity index (χ0) is 25.3. The van der Waals surface area contributed by atoms with Crippen LogP contribution >= 0.6 is 11.6 Å². The van der Waals surface area contributed by atoms with Gasteiger partial charge in [0, 0.05) is 42.2 Å². The van der Waals surface area contributed by atoms with E-state index in [0.29, 0.717) is 28.8 Å². The molecule has 7 heteroatoms. The van der Waals surface area contributed by atoms with Gasteiger partial charge in [-0.05, 0) is 74.0 Å². The lowest BCUT2D eigenvalue weighted by Gasteiger charge is -2.38. The van der Waals surface area contributed by atoms with Gasteiger partial charge in [0.1, 0.15) is 17.4 Å². The topological polar surface area (TPSA) is 85.1 Å². The van der Waals surface area contributed by atoms with Gasteiger partial charge in [-0.15, -0.1) is 10.2 Å². The van der Waals surface area contributed by atoms with E-state index in [1.807, 2.05) is 25.1 Å². The highest BCUT2D eigenvalue weighted by Gasteiger charge is 2.40. The van der Waals surface area contributed by atoms with Crippen molar-refractivity contribution in [1.82, 2.24) is 14.8 Å². The third-order valence-corrected chi connectivity index (χ3v) is 7.66. The predicted octanol–water partition coefficient (Wildman–Crippen LogP) is 6.65. The van der Waals surface area contributed by atoms with Crippen molar-refractivity contribution in [2.45, 2.75) is 103 Å². The van der Waals surface area contributed by atoms with Crippen molar-refractivity contribution in [3.63, 3.8) is 0 Å². The van der Waals surface area contributed by atoms with Crippen molar-refractivity contribution < 1.29 is 14.7 Å². The van der Waals surface area contributed by atoms with E-state index in [9.17, 15) is 14.7 Å². The molecule has 35 heavy (non-hydrogen) atoms. The monoisotopic (exact) mass is 499 g/mol. The van der Waals surface area contributed by atoms with Crippen molar-refractivity contribution in [2.75, 3.05) is 0 Å². The maximum atomic E-state index is 13.1. The second kappa shape index (κ2) is 10.4. The Bertz CT molecular complexity index is 1080. The van der Waals surface area contributed by atoms with E-state index >= 15 is 0 Å². The highest BCUT2D eigenvalue weighted by molar-refractivity contribution is 6.31. The molecule has 2 saturated carbocycles. The Morgan fingerprint density at radius 2 is 1.91 bits per heavy atom. The van der Waals surface area contributed by atoms with Crippen molar-refractivity contribution in [2.24, 2.45) is 11.3 Å². The van der Waals surface area contributed by atoms with Gasteiger partial charge in [0.25, 0.3) is 0 Å². The van der Waals surface area contributed by atoms with Crippen molar-refractivity contribution in [3.05, 3.63) is 46.0 Å². The molecule has 0 spiro atoms. The molecule has 0 radical (unpaired) electrons. The van der Waals surface area contributed by atoms with E-state index in [0.717, 1.165) is 54.4 Å². The molecule has 0 unspecified atom stereocenters. The largest absolute Gasteiger partial charge is 0.481 e. The number of ketones is 1. The van der Waals surface area contributed by atoms with Crippen LogP contribution in [0.2, 0.25) is 5.02 Å². The molecule has 0 aliphatic heterocycles. The van der Waals surface area contributed by atoms with Gasteiger partial charge in [-0.3, -0.25) is 9.59 Å². The Kier molecular flexibility index (Phi) is 7.70. The normalized spacial score (nSPS) is 20.9. The first kappa shape index (κ1) is 25.9. The highest BCUT2D eigenvalue weighted by Crippen LogP contribution is 2.49. The fraction of sp³-hybridized carbons (Fsp3) is 0.643. The van der Waals surface area contributed by atoms with Crippen LogP contribution in [0.4, 0.5) is 0 Å². The first-order chi connectivity index (χ1) is 16.5. The Morgan fingerprint density at radius 1 is 1.20 bits per heavy atom. The molecular weight excluding hydrogens is 462 g/mol. The molecule has 1 N–H and O–H groups in total. The Hall–Kier alpha value is -2.21. The fourth-order valence-corrected chi connectivity index (χ4v) is 5.84. The molecule has 190 valence electrons. The van der Waals surface area contributed by atoms with E-state index in [1.54, 1.807) is 0 Å². The minimum atomic E-state index is -0.856. The summed E-state index contributed by atoms with van der Waals surface area (Å²) in [5.74, 6) is 1.91. The fourth-order valence-electron chi connectivity index (χ4n) is 5.53. The summed E-state index contributed by atoms with van der Waals surface area (Å²) in [4.78, 5) is 24.5. The summed E-state index contributed by atoms with van der Waals surface area (Å²) in [6.07, 6.45) is 6.54. The third kappa shape index (κ3) is 6.72. The van der Waals surface area contributed by atoms with Crippen LogP contribution in [-0.4, -0.2) is 31.6 Å². The van der Waals surface area contributed by atoms with Gasteiger partial charge >= 0.3 is 5.97 Å². The number of halogens is 1. The van der Waals surface area contributed by atoms with E-state index in [1.165, 1.54) is 6.42 Å². The number of aromatic nitrogens is 3. The van der Waals surface area contributed by atoms with Crippen LogP contribution in [0.5, 0.6) is 0 Å². The maximum Gasteiger partial charge on any atom is 0.303 e. The summed E-state index contributed by atoms with van der Waals surface area (Å²) in [7, 11) is 0. The number of aliphatic carboxylic acids is 1. The molecule has 2 aromatic rings. The minimum absolute atomic E-state index is 0.00712. The summed E-state index contributed by atoms with van der Waals surface area (Å²) >= 11 is 6.36. The predicted molar refractivity (Wildman–Crippen MR) is 137 cm³/mol. The minimum Gasteiger partial charge on any atom is -0.481 e. The number of Topliss-reactive ketones (excluding diaryl/α,β-unsaturated/α-hetero) is 1. The Morgan fingerprint density at radius 3 is 2.51 bits per heavy atom. The van der Waals surface area contributed by atoms with Gasteiger partial charge in [-0.25, -0.2) is 0 Å². The molecule has 2 fully saturated rings. The quantitative estimate of drug-likeness (QED) is 0.374. The lowest BCUT2D eigenvalue weighted by molar-refractivity contribution is -0.137. The number of aryl methyl sites for hydroxylation is 1. The summed E-state index contributed by atoms with van der Waals surface area (Å²) in [5, 5.41) is 19.2. The van der Waals surface area contributed by atoms with E-state index in [2.05, 4.69) is 35.5 Å². The number of benzene rings is 1. The Balaban J connectivity index is 1.51. The van der Waals surface area contributed by atoms with Crippen LogP contribution in [0.25, 0.3) is 0 Å². The standard InChI is InChI=1S/C28H38ClN3O3/c1-17-5-6-19(24(29)11-17)14-23(33)15-20(7-10-25(34)35)26-30-31-27(32(26)22-8-9-22)21-12-18(13-21)16-28(2,3)4/h5-6,11,18,20-22H,7-10,12-16H2,1-4H3,(H,34,35)/t18?,20-,21?/m0/s1. The third-order valence-electron chi connectivity index (χ3n) is 7.30. The summed E-state index contributed by atoms with van der Waals surface area (Å²) in [6, 6.07) is 6.11. The molecule has 1 heterocycles. The van der Waals surface area contributed by atoms with Gasteiger partial charge in [0.05, 0.1) is 0 Å². The number of carbonyl (C=O) groups is 2. The smallest absolute Gasteiger partial charge is 0.303 e. The zero-order valence-electron chi connectivity index (χ0n) is 21.4. The van der Waals surface area contributed by atoms with Gasteiger partial charge in [0.15, 0.2) is 0 Å². The van der Waals surface area contributed by atoms with Crippen LogP contribution in [-0.2, 0) is 16.0 Å². The van der Waals surface area contributed by atoms with E-state index in [4.69, 9.17) is 11.6 Å².